The molecule has 106 valence electrons. The highest BCUT2D eigenvalue weighted by molar-refractivity contribution is 5.77. The van der Waals surface area contributed by atoms with Crippen molar-refractivity contribution in [2.75, 3.05) is 5.32 Å². The van der Waals surface area contributed by atoms with Crippen LogP contribution in [0.5, 0.6) is 0 Å². The summed E-state index contributed by atoms with van der Waals surface area (Å²) in [5, 5.41) is 11.6. The van der Waals surface area contributed by atoms with E-state index in [1.807, 2.05) is 6.07 Å². The first-order valence-corrected chi connectivity index (χ1v) is 5.91. The van der Waals surface area contributed by atoms with Crippen molar-refractivity contribution in [3.8, 4) is 17.3 Å². The molecule has 0 saturated heterocycles. The van der Waals surface area contributed by atoms with Gasteiger partial charge in [0.1, 0.15) is 0 Å². The summed E-state index contributed by atoms with van der Waals surface area (Å²) >= 11 is 0. The van der Waals surface area contributed by atoms with Crippen LogP contribution in [0, 0.1) is 11.3 Å². The van der Waals surface area contributed by atoms with E-state index in [9.17, 15) is 13.2 Å². The van der Waals surface area contributed by atoms with Gasteiger partial charge in [-0.2, -0.15) is 18.4 Å². The Bertz CT molecular complexity index is 715. The first kappa shape index (κ1) is 14.6. The number of pyridine rings is 1. The second kappa shape index (κ2) is 5.67. The van der Waals surface area contributed by atoms with E-state index in [-0.39, 0.29) is 11.3 Å². The molecule has 0 aliphatic heterocycles. The van der Waals surface area contributed by atoms with Gasteiger partial charge in [-0.25, -0.2) is 0 Å². The number of hydrogen-bond donors (Lipinski definition) is 1. The normalized spacial score (nSPS) is 10.8. The van der Waals surface area contributed by atoms with E-state index in [2.05, 4.69) is 16.9 Å². The number of nitrogens with one attached hydrogen (secondary N) is 1. The standard InChI is InChI=1S/C15H10F3N3/c1-2-20-13-4-3-11(15(16,17)18)8-12(13)14-7-10(9-19)5-6-21-14/h2-8,20H,1H2. The molecule has 1 aromatic heterocycles. The van der Waals surface area contributed by atoms with Crippen molar-refractivity contribution in [1.82, 2.24) is 4.98 Å². The molecule has 0 unspecified atom stereocenters. The SMILES string of the molecule is C=CNc1ccc(C(F)(F)F)cc1-c1cc(C#N)ccn1. The minimum Gasteiger partial charge on any atom is -0.362 e. The van der Waals surface area contributed by atoms with Gasteiger partial charge in [0, 0.05) is 17.4 Å². The average Bonchev–Trinajstić information content (AvgIpc) is 2.47. The molecule has 21 heavy (non-hydrogen) atoms. The highest BCUT2D eigenvalue weighted by Crippen LogP contribution is 2.35. The lowest BCUT2D eigenvalue weighted by molar-refractivity contribution is -0.137. The maximum atomic E-state index is 12.8. The van der Waals surface area contributed by atoms with Gasteiger partial charge in [-0.05, 0) is 36.5 Å². The second-order valence-corrected chi connectivity index (χ2v) is 4.15. The number of nitriles is 1. The fourth-order valence-corrected chi connectivity index (χ4v) is 1.82. The molecule has 0 atom stereocenters. The van der Waals surface area contributed by atoms with E-state index in [0.29, 0.717) is 11.3 Å². The number of anilines is 1. The molecule has 6 heteroatoms. The van der Waals surface area contributed by atoms with Crippen molar-refractivity contribution in [2.24, 2.45) is 0 Å². The van der Waals surface area contributed by atoms with Crippen molar-refractivity contribution in [2.45, 2.75) is 6.18 Å². The van der Waals surface area contributed by atoms with Crippen LogP contribution in [0.15, 0.2) is 49.3 Å². The summed E-state index contributed by atoms with van der Waals surface area (Å²) in [6.45, 7) is 3.49. The Morgan fingerprint density at radius 2 is 2.00 bits per heavy atom. The van der Waals surface area contributed by atoms with Crippen LogP contribution in [-0.4, -0.2) is 4.98 Å². The van der Waals surface area contributed by atoms with Crippen LogP contribution in [0.2, 0.25) is 0 Å². The van der Waals surface area contributed by atoms with Crippen molar-refractivity contribution in [3.63, 3.8) is 0 Å². The Balaban J connectivity index is 2.63. The highest BCUT2D eigenvalue weighted by atomic mass is 19.4. The molecule has 1 heterocycles. The maximum absolute atomic E-state index is 12.8. The van der Waals surface area contributed by atoms with Gasteiger partial charge in [-0.3, -0.25) is 4.98 Å². The van der Waals surface area contributed by atoms with E-state index in [1.54, 1.807) is 0 Å². The van der Waals surface area contributed by atoms with E-state index >= 15 is 0 Å². The lowest BCUT2D eigenvalue weighted by Crippen LogP contribution is -2.06. The predicted molar refractivity (Wildman–Crippen MR) is 73.2 cm³/mol. The lowest BCUT2D eigenvalue weighted by atomic mass is 10.0. The van der Waals surface area contributed by atoms with Gasteiger partial charge in [0.2, 0.25) is 0 Å². The zero-order valence-electron chi connectivity index (χ0n) is 10.8. The maximum Gasteiger partial charge on any atom is 0.416 e. The Morgan fingerprint density at radius 1 is 1.24 bits per heavy atom. The van der Waals surface area contributed by atoms with E-state index < -0.39 is 11.7 Å². The smallest absolute Gasteiger partial charge is 0.362 e. The zero-order valence-corrected chi connectivity index (χ0v) is 10.8. The number of aromatic nitrogens is 1. The number of halogens is 3. The Kier molecular flexibility index (Phi) is 3.94. The Hall–Kier alpha value is -2.81. The summed E-state index contributed by atoms with van der Waals surface area (Å²) in [4.78, 5) is 4.03. The predicted octanol–water partition coefficient (Wildman–Crippen LogP) is 4.19. The minimum atomic E-state index is -4.45. The third-order valence-electron chi connectivity index (χ3n) is 2.77. The van der Waals surface area contributed by atoms with Crippen LogP contribution in [-0.2, 0) is 6.18 Å². The van der Waals surface area contributed by atoms with Crippen LogP contribution >= 0.6 is 0 Å². The molecule has 0 aliphatic rings. The fourth-order valence-electron chi connectivity index (χ4n) is 1.82. The quantitative estimate of drug-likeness (QED) is 0.921. The summed E-state index contributed by atoms with van der Waals surface area (Å²) in [5.74, 6) is 0. The first-order chi connectivity index (χ1) is 9.95. The molecule has 1 N–H and O–H groups in total. The molecule has 0 amide bonds. The first-order valence-electron chi connectivity index (χ1n) is 5.91. The molecule has 0 saturated carbocycles. The third-order valence-corrected chi connectivity index (χ3v) is 2.77. The zero-order chi connectivity index (χ0) is 15.5. The summed E-state index contributed by atoms with van der Waals surface area (Å²) in [6, 6.07) is 8.13. The van der Waals surface area contributed by atoms with Crippen LogP contribution in [0.4, 0.5) is 18.9 Å². The van der Waals surface area contributed by atoms with Crippen LogP contribution in [0.1, 0.15) is 11.1 Å². The summed E-state index contributed by atoms with van der Waals surface area (Å²) in [7, 11) is 0. The van der Waals surface area contributed by atoms with Crippen LogP contribution < -0.4 is 5.32 Å². The molecule has 0 spiro atoms. The molecule has 3 nitrogen and oxygen atoms in total. The second-order valence-electron chi connectivity index (χ2n) is 4.15. The Labute approximate surface area is 119 Å². The Morgan fingerprint density at radius 3 is 2.62 bits per heavy atom. The largest absolute Gasteiger partial charge is 0.416 e. The average molecular weight is 289 g/mol. The molecule has 0 aliphatic carbocycles. The van der Waals surface area contributed by atoms with Crippen molar-refractivity contribution >= 4 is 5.69 Å². The summed E-state index contributed by atoms with van der Waals surface area (Å²) in [5.41, 5.74) is 0.505. The highest BCUT2D eigenvalue weighted by Gasteiger charge is 2.31. The molecule has 0 fully saturated rings. The number of hydrogen-bond acceptors (Lipinski definition) is 3. The number of alkyl halides is 3. The van der Waals surface area contributed by atoms with Gasteiger partial charge in [0.05, 0.1) is 22.9 Å². The molecule has 2 rings (SSSR count). The van der Waals surface area contributed by atoms with Crippen molar-refractivity contribution < 1.29 is 13.2 Å². The lowest BCUT2D eigenvalue weighted by Gasteiger charge is -2.13. The van der Waals surface area contributed by atoms with Gasteiger partial charge >= 0.3 is 6.18 Å². The monoisotopic (exact) mass is 289 g/mol. The van der Waals surface area contributed by atoms with Gasteiger partial charge < -0.3 is 5.32 Å². The van der Waals surface area contributed by atoms with E-state index in [4.69, 9.17) is 5.26 Å². The summed E-state index contributed by atoms with van der Waals surface area (Å²) < 4.78 is 38.5. The van der Waals surface area contributed by atoms with Gasteiger partial charge in [0.25, 0.3) is 0 Å². The molecular weight excluding hydrogens is 279 g/mol. The fraction of sp³-hybridized carbons (Fsp3) is 0.0667. The van der Waals surface area contributed by atoms with Crippen LogP contribution in [0.3, 0.4) is 0 Å². The topological polar surface area (TPSA) is 48.7 Å². The molecule has 0 radical (unpaired) electrons. The number of nitrogens with zero attached hydrogens (tertiary/aromatic N) is 2. The van der Waals surface area contributed by atoms with Gasteiger partial charge in [-0.15, -0.1) is 0 Å². The number of benzene rings is 1. The van der Waals surface area contributed by atoms with Gasteiger partial charge in [0.15, 0.2) is 0 Å². The van der Waals surface area contributed by atoms with E-state index in [0.717, 1.165) is 12.1 Å². The minimum absolute atomic E-state index is 0.252. The molecular formula is C15H10F3N3. The summed E-state index contributed by atoms with van der Waals surface area (Å²) in [6.07, 6.45) is -1.71. The number of rotatable bonds is 3. The molecule has 1 aromatic carbocycles. The van der Waals surface area contributed by atoms with Crippen molar-refractivity contribution in [3.05, 3.63) is 60.4 Å². The third kappa shape index (κ3) is 3.20. The molecule has 0 bridgehead atoms. The van der Waals surface area contributed by atoms with Crippen LogP contribution in [0.25, 0.3) is 11.3 Å². The van der Waals surface area contributed by atoms with Crippen molar-refractivity contribution in [1.29, 1.82) is 5.26 Å². The molecule has 2 aromatic rings. The van der Waals surface area contributed by atoms with Gasteiger partial charge in [-0.1, -0.05) is 6.58 Å². The van der Waals surface area contributed by atoms with E-state index in [1.165, 1.54) is 30.6 Å².